The number of methoxy groups -OCH3 is 2. The van der Waals surface area contributed by atoms with Crippen LogP contribution >= 0.6 is 0 Å². The van der Waals surface area contributed by atoms with E-state index in [1.54, 1.807) is 47.1 Å². The zero-order valence-electron chi connectivity index (χ0n) is 33.3. The van der Waals surface area contributed by atoms with E-state index in [2.05, 4.69) is 22.8 Å². The lowest BCUT2D eigenvalue weighted by Gasteiger charge is -2.20. The average Bonchev–Trinajstić information content (AvgIpc) is 3.69. The standard InChI is InChI=1S/C45H50N2O10/c1-28-33-19-18-30(53-25-29-21-31(51-5)23-32(22-29)52-6)24-40(33)56-41(28)27-54-42(48)39(17-11-12-20-46-43(49)57-45(2,3)4)47-44(50)55-26-38-36-15-9-7-13-34(36)35-14-8-10-16-37(35)38/h7-10,13-16,18-19,21-24,38-39H,11-12,17,20,25-27H2,1-6H3,(H,46,49)(H,47,50). The molecule has 1 atom stereocenters. The number of amides is 2. The van der Waals surface area contributed by atoms with Crippen molar-refractivity contribution in [2.45, 2.75) is 77.7 Å². The van der Waals surface area contributed by atoms with Crippen LogP contribution in [0.3, 0.4) is 0 Å². The number of unbranched alkanes of at least 4 members (excludes halogenated alkanes) is 1. The summed E-state index contributed by atoms with van der Waals surface area (Å²) in [4.78, 5) is 39.0. The van der Waals surface area contributed by atoms with Gasteiger partial charge in [0, 0.05) is 35.5 Å². The van der Waals surface area contributed by atoms with Crippen LogP contribution in [0.15, 0.2) is 89.3 Å². The number of fused-ring (bicyclic) bond motifs is 4. The van der Waals surface area contributed by atoms with Gasteiger partial charge in [0.05, 0.1) is 14.2 Å². The number of carbonyl (C=O) groups is 3. The number of carbonyl (C=O) groups excluding carboxylic acids is 3. The second-order valence-electron chi connectivity index (χ2n) is 14.9. The lowest BCUT2D eigenvalue weighted by molar-refractivity contribution is -0.148. The normalized spacial score (nSPS) is 12.6. The van der Waals surface area contributed by atoms with Crippen molar-refractivity contribution in [3.8, 4) is 28.4 Å². The van der Waals surface area contributed by atoms with Gasteiger partial charge in [0.25, 0.3) is 0 Å². The van der Waals surface area contributed by atoms with Crippen LogP contribution < -0.4 is 24.8 Å². The fourth-order valence-electron chi connectivity index (χ4n) is 6.85. The molecule has 1 aliphatic rings. The molecule has 5 aromatic rings. The van der Waals surface area contributed by atoms with Crippen LogP contribution in [0.25, 0.3) is 22.1 Å². The third-order valence-corrected chi connectivity index (χ3v) is 9.68. The topological polar surface area (TPSA) is 144 Å². The Morgan fingerprint density at radius 2 is 1.44 bits per heavy atom. The summed E-state index contributed by atoms with van der Waals surface area (Å²) >= 11 is 0. The van der Waals surface area contributed by atoms with Gasteiger partial charge in [-0.25, -0.2) is 14.4 Å². The van der Waals surface area contributed by atoms with E-state index in [4.69, 9.17) is 32.8 Å². The number of alkyl carbamates (subject to hydrolysis) is 2. The van der Waals surface area contributed by atoms with Gasteiger partial charge in [-0.3, -0.25) is 0 Å². The molecule has 0 aliphatic heterocycles. The first-order valence-electron chi connectivity index (χ1n) is 19.0. The molecule has 12 nitrogen and oxygen atoms in total. The Kier molecular flexibility index (Phi) is 12.9. The first-order chi connectivity index (χ1) is 27.4. The minimum Gasteiger partial charge on any atom is -0.497 e. The molecule has 2 N–H and O–H groups in total. The number of ether oxygens (including phenoxy) is 6. The van der Waals surface area contributed by atoms with E-state index in [0.717, 1.165) is 38.8 Å². The summed E-state index contributed by atoms with van der Waals surface area (Å²) in [5.74, 6) is 1.61. The third kappa shape index (κ3) is 10.4. The number of rotatable bonds is 16. The van der Waals surface area contributed by atoms with E-state index in [9.17, 15) is 14.4 Å². The quantitative estimate of drug-likeness (QED) is 0.0566. The van der Waals surface area contributed by atoms with Crippen LogP contribution in [0.4, 0.5) is 9.59 Å². The van der Waals surface area contributed by atoms with Crippen LogP contribution in [-0.4, -0.2) is 57.2 Å². The van der Waals surface area contributed by atoms with Gasteiger partial charge in [-0.2, -0.15) is 0 Å². The molecule has 4 aromatic carbocycles. The molecule has 6 rings (SSSR count). The Hall–Kier alpha value is -6.17. The summed E-state index contributed by atoms with van der Waals surface area (Å²) in [5, 5.41) is 6.31. The minimum absolute atomic E-state index is 0.0963. The van der Waals surface area contributed by atoms with Gasteiger partial charge in [-0.05, 0) is 99.0 Å². The molecule has 2 amide bonds. The van der Waals surface area contributed by atoms with Crippen molar-refractivity contribution in [2.24, 2.45) is 0 Å². The molecular weight excluding hydrogens is 728 g/mol. The van der Waals surface area contributed by atoms with E-state index in [1.807, 2.05) is 67.6 Å². The fraction of sp³-hybridized carbons (Fsp3) is 0.356. The van der Waals surface area contributed by atoms with Gasteiger partial charge >= 0.3 is 18.2 Å². The molecule has 1 aliphatic carbocycles. The molecule has 300 valence electrons. The van der Waals surface area contributed by atoms with Gasteiger partial charge in [-0.15, -0.1) is 0 Å². The molecule has 0 saturated carbocycles. The molecule has 0 fully saturated rings. The predicted octanol–water partition coefficient (Wildman–Crippen LogP) is 8.98. The Morgan fingerprint density at radius 1 is 0.772 bits per heavy atom. The van der Waals surface area contributed by atoms with Gasteiger partial charge in [-0.1, -0.05) is 48.5 Å². The molecule has 1 heterocycles. The lowest BCUT2D eigenvalue weighted by atomic mass is 9.98. The number of furan rings is 1. The van der Waals surface area contributed by atoms with E-state index < -0.39 is 29.8 Å². The molecule has 12 heteroatoms. The minimum atomic E-state index is -1.01. The van der Waals surface area contributed by atoms with E-state index in [1.165, 1.54) is 0 Å². The zero-order chi connectivity index (χ0) is 40.5. The Bertz CT molecular complexity index is 2140. The van der Waals surface area contributed by atoms with Crippen molar-refractivity contribution < 1.29 is 47.2 Å². The fourth-order valence-corrected chi connectivity index (χ4v) is 6.85. The van der Waals surface area contributed by atoms with Crippen molar-refractivity contribution in [2.75, 3.05) is 27.4 Å². The number of aryl methyl sites for hydroxylation is 1. The Labute approximate surface area is 332 Å². The number of hydrogen-bond acceptors (Lipinski definition) is 10. The van der Waals surface area contributed by atoms with Gasteiger partial charge in [0.2, 0.25) is 0 Å². The van der Waals surface area contributed by atoms with Crippen LogP contribution in [0.5, 0.6) is 17.2 Å². The third-order valence-electron chi connectivity index (χ3n) is 9.68. The average molecular weight is 779 g/mol. The van der Waals surface area contributed by atoms with Crippen molar-refractivity contribution >= 4 is 29.1 Å². The summed E-state index contributed by atoms with van der Waals surface area (Å²) in [6.07, 6.45) is 0.0261. The monoisotopic (exact) mass is 778 g/mol. The SMILES string of the molecule is COc1cc(COc2ccc3c(C)c(COC(=O)C(CCCCNC(=O)OC(C)(C)C)NC(=O)OCC4c5ccccc5-c5ccccc54)oc3c2)cc(OC)c1. The summed E-state index contributed by atoms with van der Waals surface area (Å²) in [5.41, 5.74) is 6.03. The number of benzene rings is 4. The smallest absolute Gasteiger partial charge is 0.407 e. The summed E-state index contributed by atoms with van der Waals surface area (Å²) in [6.45, 7) is 7.82. The maximum atomic E-state index is 13.6. The lowest BCUT2D eigenvalue weighted by Crippen LogP contribution is -2.42. The zero-order valence-corrected chi connectivity index (χ0v) is 33.3. The predicted molar refractivity (Wildman–Crippen MR) is 215 cm³/mol. The summed E-state index contributed by atoms with van der Waals surface area (Å²) < 4.78 is 39.7. The molecule has 0 spiro atoms. The molecular formula is C45H50N2O10. The largest absolute Gasteiger partial charge is 0.497 e. The summed E-state index contributed by atoms with van der Waals surface area (Å²) in [7, 11) is 3.19. The molecule has 0 radical (unpaired) electrons. The Balaban J connectivity index is 1.08. The van der Waals surface area contributed by atoms with Crippen molar-refractivity contribution in [1.29, 1.82) is 0 Å². The van der Waals surface area contributed by atoms with Gasteiger partial charge < -0.3 is 43.5 Å². The highest BCUT2D eigenvalue weighted by Gasteiger charge is 2.30. The second kappa shape index (κ2) is 18.2. The molecule has 0 saturated heterocycles. The van der Waals surface area contributed by atoms with E-state index in [0.29, 0.717) is 48.0 Å². The van der Waals surface area contributed by atoms with Crippen LogP contribution in [0.1, 0.15) is 74.0 Å². The highest BCUT2D eigenvalue weighted by molar-refractivity contribution is 5.84. The maximum absolute atomic E-state index is 13.6. The maximum Gasteiger partial charge on any atom is 0.407 e. The number of esters is 1. The highest BCUT2D eigenvalue weighted by Crippen LogP contribution is 2.44. The van der Waals surface area contributed by atoms with Crippen LogP contribution in [0.2, 0.25) is 0 Å². The van der Waals surface area contributed by atoms with E-state index in [-0.39, 0.29) is 32.2 Å². The van der Waals surface area contributed by atoms with E-state index >= 15 is 0 Å². The Morgan fingerprint density at radius 3 is 2.09 bits per heavy atom. The molecule has 0 bridgehead atoms. The number of hydrogen-bond donors (Lipinski definition) is 2. The van der Waals surface area contributed by atoms with Crippen LogP contribution in [0, 0.1) is 6.92 Å². The second-order valence-corrected chi connectivity index (χ2v) is 14.9. The molecule has 1 aromatic heterocycles. The van der Waals surface area contributed by atoms with Gasteiger partial charge in [0.1, 0.15) is 60.1 Å². The molecule has 1 unspecified atom stereocenters. The first-order valence-corrected chi connectivity index (χ1v) is 19.0. The van der Waals surface area contributed by atoms with Crippen molar-refractivity contribution in [3.05, 3.63) is 113 Å². The molecule has 57 heavy (non-hydrogen) atoms. The highest BCUT2D eigenvalue weighted by atomic mass is 16.6. The first kappa shape index (κ1) is 40.5. The van der Waals surface area contributed by atoms with Gasteiger partial charge in [0.15, 0.2) is 0 Å². The van der Waals surface area contributed by atoms with Crippen LogP contribution in [-0.2, 0) is 32.2 Å². The number of nitrogens with one attached hydrogen (secondary N) is 2. The van der Waals surface area contributed by atoms with Crippen molar-refractivity contribution in [3.63, 3.8) is 0 Å². The summed E-state index contributed by atoms with van der Waals surface area (Å²) in [6, 6.07) is 26.2. The van der Waals surface area contributed by atoms with Crippen molar-refractivity contribution in [1.82, 2.24) is 10.6 Å².